The molecule has 0 aromatic carbocycles. The van der Waals surface area contributed by atoms with Crippen LogP contribution in [0.3, 0.4) is 0 Å². The van der Waals surface area contributed by atoms with Gasteiger partial charge in [-0.25, -0.2) is 0 Å². The van der Waals surface area contributed by atoms with Crippen molar-refractivity contribution in [2.24, 2.45) is 0 Å². The number of carbonyl (C=O) groups is 1. The molecular formula is C10H19NO3. The lowest BCUT2D eigenvalue weighted by atomic mass is 10.2. The zero-order chi connectivity index (χ0) is 10.2. The maximum atomic E-state index is 11.2. The monoisotopic (exact) mass is 201 g/mol. The number of amides is 1. The van der Waals surface area contributed by atoms with Gasteiger partial charge in [0.15, 0.2) is 0 Å². The van der Waals surface area contributed by atoms with Gasteiger partial charge in [0.05, 0.1) is 12.7 Å². The van der Waals surface area contributed by atoms with Crippen LogP contribution in [0.4, 0.5) is 0 Å². The average Bonchev–Trinajstić information content (AvgIpc) is 2.68. The van der Waals surface area contributed by atoms with Crippen molar-refractivity contribution in [1.29, 1.82) is 0 Å². The van der Waals surface area contributed by atoms with Crippen LogP contribution in [0.5, 0.6) is 0 Å². The zero-order valence-corrected chi connectivity index (χ0v) is 8.75. The Labute approximate surface area is 85.0 Å². The van der Waals surface area contributed by atoms with E-state index in [4.69, 9.17) is 9.47 Å². The van der Waals surface area contributed by atoms with Crippen molar-refractivity contribution in [3.05, 3.63) is 0 Å². The molecule has 0 bridgehead atoms. The van der Waals surface area contributed by atoms with E-state index in [1.807, 2.05) is 6.92 Å². The number of hydrogen-bond donors (Lipinski definition) is 1. The molecule has 1 fully saturated rings. The Bertz CT molecular complexity index is 167. The van der Waals surface area contributed by atoms with Crippen molar-refractivity contribution >= 4 is 5.91 Å². The van der Waals surface area contributed by atoms with Crippen molar-refractivity contribution in [3.63, 3.8) is 0 Å². The van der Waals surface area contributed by atoms with Crippen LogP contribution in [0.25, 0.3) is 0 Å². The number of ether oxygens (including phenoxy) is 2. The van der Waals surface area contributed by atoms with Crippen LogP contribution in [-0.2, 0) is 14.3 Å². The quantitative estimate of drug-likeness (QED) is 0.644. The molecule has 1 amide bonds. The normalized spacial score (nSPS) is 21.1. The van der Waals surface area contributed by atoms with Gasteiger partial charge in [-0.3, -0.25) is 4.79 Å². The van der Waals surface area contributed by atoms with E-state index in [2.05, 4.69) is 5.32 Å². The van der Waals surface area contributed by atoms with E-state index < -0.39 is 0 Å². The van der Waals surface area contributed by atoms with Crippen LogP contribution in [0.15, 0.2) is 0 Å². The van der Waals surface area contributed by atoms with Crippen molar-refractivity contribution in [2.75, 3.05) is 26.4 Å². The van der Waals surface area contributed by atoms with Crippen LogP contribution in [0, 0.1) is 0 Å². The van der Waals surface area contributed by atoms with E-state index in [9.17, 15) is 4.79 Å². The highest BCUT2D eigenvalue weighted by Crippen LogP contribution is 2.10. The Morgan fingerprint density at radius 3 is 3.14 bits per heavy atom. The van der Waals surface area contributed by atoms with Crippen molar-refractivity contribution < 1.29 is 14.3 Å². The summed E-state index contributed by atoms with van der Waals surface area (Å²) in [6, 6.07) is 0. The molecule has 1 saturated heterocycles. The van der Waals surface area contributed by atoms with E-state index in [-0.39, 0.29) is 12.0 Å². The summed E-state index contributed by atoms with van der Waals surface area (Å²) in [5, 5.41) is 2.84. The van der Waals surface area contributed by atoms with Gasteiger partial charge >= 0.3 is 0 Å². The molecule has 0 aromatic heterocycles. The SMILES string of the molecule is CCOCCC(=O)NC[C@H]1CCCO1. The standard InChI is InChI=1S/C10H19NO3/c1-2-13-7-5-10(12)11-8-9-4-3-6-14-9/h9H,2-8H2,1H3,(H,11,12)/t9-/m1/s1. The van der Waals surface area contributed by atoms with Gasteiger partial charge in [0.25, 0.3) is 0 Å². The minimum absolute atomic E-state index is 0.0500. The summed E-state index contributed by atoms with van der Waals surface area (Å²) in [6.07, 6.45) is 2.84. The van der Waals surface area contributed by atoms with Crippen LogP contribution in [0.1, 0.15) is 26.2 Å². The van der Waals surface area contributed by atoms with Crippen LogP contribution < -0.4 is 5.32 Å². The van der Waals surface area contributed by atoms with Gasteiger partial charge in [0.1, 0.15) is 0 Å². The Morgan fingerprint density at radius 1 is 1.64 bits per heavy atom. The van der Waals surface area contributed by atoms with E-state index >= 15 is 0 Å². The van der Waals surface area contributed by atoms with E-state index in [1.54, 1.807) is 0 Å². The molecule has 1 aliphatic heterocycles. The van der Waals surface area contributed by atoms with Gasteiger partial charge in [-0.05, 0) is 19.8 Å². The lowest BCUT2D eigenvalue weighted by Gasteiger charge is -2.10. The molecule has 1 aliphatic rings. The van der Waals surface area contributed by atoms with Gasteiger partial charge in [-0.15, -0.1) is 0 Å². The molecular weight excluding hydrogens is 182 g/mol. The largest absolute Gasteiger partial charge is 0.381 e. The molecule has 1 rings (SSSR count). The third-order valence-corrected chi connectivity index (χ3v) is 2.23. The molecule has 0 radical (unpaired) electrons. The molecule has 82 valence electrons. The summed E-state index contributed by atoms with van der Waals surface area (Å²) >= 11 is 0. The van der Waals surface area contributed by atoms with Crippen molar-refractivity contribution in [1.82, 2.24) is 5.32 Å². The minimum atomic E-state index is 0.0500. The predicted octanol–water partition coefficient (Wildman–Crippen LogP) is 0.708. The van der Waals surface area contributed by atoms with Gasteiger partial charge < -0.3 is 14.8 Å². The molecule has 4 heteroatoms. The summed E-state index contributed by atoms with van der Waals surface area (Å²) < 4.78 is 10.5. The molecule has 1 atom stereocenters. The first kappa shape index (κ1) is 11.5. The highest BCUT2D eigenvalue weighted by molar-refractivity contribution is 5.75. The first-order valence-electron chi connectivity index (χ1n) is 5.29. The summed E-state index contributed by atoms with van der Waals surface area (Å²) in [6.45, 7) is 4.57. The third-order valence-electron chi connectivity index (χ3n) is 2.23. The van der Waals surface area contributed by atoms with Crippen LogP contribution >= 0.6 is 0 Å². The second-order valence-corrected chi connectivity index (χ2v) is 3.39. The minimum Gasteiger partial charge on any atom is -0.381 e. The first-order chi connectivity index (χ1) is 6.83. The highest BCUT2D eigenvalue weighted by atomic mass is 16.5. The molecule has 14 heavy (non-hydrogen) atoms. The Kier molecular flexibility index (Phi) is 5.56. The predicted molar refractivity (Wildman–Crippen MR) is 53.1 cm³/mol. The van der Waals surface area contributed by atoms with Crippen molar-refractivity contribution in [3.8, 4) is 0 Å². The molecule has 0 aromatic rings. The Hall–Kier alpha value is -0.610. The molecule has 0 saturated carbocycles. The lowest BCUT2D eigenvalue weighted by molar-refractivity contribution is -0.122. The Balaban J connectivity index is 1.96. The highest BCUT2D eigenvalue weighted by Gasteiger charge is 2.15. The molecule has 0 unspecified atom stereocenters. The van der Waals surface area contributed by atoms with Gasteiger partial charge in [0.2, 0.25) is 5.91 Å². The number of carbonyl (C=O) groups excluding carboxylic acids is 1. The van der Waals surface area contributed by atoms with Crippen molar-refractivity contribution in [2.45, 2.75) is 32.3 Å². The fourth-order valence-electron chi connectivity index (χ4n) is 1.43. The van der Waals surface area contributed by atoms with E-state index in [0.29, 0.717) is 26.2 Å². The maximum absolute atomic E-state index is 11.2. The summed E-state index contributed by atoms with van der Waals surface area (Å²) in [5.74, 6) is 0.0500. The fourth-order valence-corrected chi connectivity index (χ4v) is 1.43. The zero-order valence-electron chi connectivity index (χ0n) is 8.75. The summed E-state index contributed by atoms with van der Waals surface area (Å²) in [4.78, 5) is 11.2. The number of rotatable bonds is 6. The lowest BCUT2D eigenvalue weighted by Crippen LogP contribution is -2.32. The molecule has 4 nitrogen and oxygen atoms in total. The summed E-state index contributed by atoms with van der Waals surface area (Å²) in [5.41, 5.74) is 0. The van der Waals surface area contributed by atoms with Crippen LogP contribution in [0.2, 0.25) is 0 Å². The van der Waals surface area contributed by atoms with Gasteiger partial charge in [-0.2, -0.15) is 0 Å². The first-order valence-corrected chi connectivity index (χ1v) is 5.29. The number of nitrogens with one attached hydrogen (secondary N) is 1. The fraction of sp³-hybridized carbons (Fsp3) is 0.900. The maximum Gasteiger partial charge on any atom is 0.222 e. The van der Waals surface area contributed by atoms with E-state index in [1.165, 1.54) is 0 Å². The van der Waals surface area contributed by atoms with E-state index in [0.717, 1.165) is 19.4 Å². The summed E-state index contributed by atoms with van der Waals surface area (Å²) in [7, 11) is 0. The van der Waals surface area contributed by atoms with Gasteiger partial charge in [-0.1, -0.05) is 0 Å². The third kappa shape index (κ3) is 4.58. The molecule has 1 N–H and O–H groups in total. The topological polar surface area (TPSA) is 47.6 Å². The molecule has 1 heterocycles. The second kappa shape index (κ2) is 6.79. The Morgan fingerprint density at radius 2 is 2.50 bits per heavy atom. The molecule has 0 spiro atoms. The number of hydrogen-bond acceptors (Lipinski definition) is 3. The smallest absolute Gasteiger partial charge is 0.222 e. The van der Waals surface area contributed by atoms with Crippen LogP contribution in [-0.4, -0.2) is 38.4 Å². The van der Waals surface area contributed by atoms with Gasteiger partial charge in [0, 0.05) is 26.2 Å². The molecule has 0 aliphatic carbocycles. The second-order valence-electron chi connectivity index (χ2n) is 3.39. The average molecular weight is 201 g/mol.